The molecule has 4 aliphatic carbocycles. The molecule has 0 spiro atoms. The van der Waals surface area contributed by atoms with E-state index in [-0.39, 0.29) is 41.9 Å². The molecule has 35 heavy (non-hydrogen) atoms. The predicted molar refractivity (Wildman–Crippen MR) is 127 cm³/mol. The first-order valence-corrected chi connectivity index (χ1v) is 12.1. The fourth-order valence-corrected chi connectivity index (χ4v) is 6.46. The molecule has 0 unspecified atom stereocenters. The van der Waals surface area contributed by atoms with Crippen molar-refractivity contribution in [3.05, 3.63) is 77.9 Å². The average Bonchev–Trinajstić information content (AvgIpc) is 3.67. The Balaban J connectivity index is 1.29. The van der Waals surface area contributed by atoms with Crippen LogP contribution in [0.3, 0.4) is 0 Å². The normalized spacial score (nSPS) is 30.5. The summed E-state index contributed by atoms with van der Waals surface area (Å²) in [4.78, 5) is 53.9. The number of esters is 1. The van der Waals surface area contributed by atoms with Gasteiger partial charge in [-0.2, -0.15) is 0 Å². The number of allylic oxidation sites excluding steroid dienone is 2. The molecule has 2 saturated carbocycles. The zero-order valence-electron chi connectivity index (χ0n) is 19.3. The van der Waals surface area contributed by atoms with Gasteiger partial charge >= 0.3 is 5.97 Å². The van der Waals surface area contributed by atoms with E-state index in [0.717, 1.165) is 12.0 Å². The Hall–Kier alpha value is -3.74. The van der Waals surface area contributed by atoms with E-state index in [0.29, 0.717) is 23.1 Å². The van der Waals surface area contributed by atoms with Crippen molar-refractivity contribution in [3.63, 3.8) is 0 Å². The number of methoxy groups -OCH3 is 1. The van der Waals surface area contributed by atoms with Gasteiger partial charge < -0.3 is 10.1 Å². The topological polar surface area (TPSA) is 92.8 Å². The third-order valence-electron chi connectivity index (χ3n) is 8.16. The Bertz CT molecular complexity index is 1200. The van der Waals surface area contributed by atoms with E-state index in [1.54, 1.807) is 24.3 Å². The summed E-state index contributed by atoms with van der Waals surface area (Å²) in [5.41, 5.74) is 1.70. The zero-order chi connectivity index (χ0) is 24.3. The number of rotatable bonds is 6. The summed E-state index contributed by atoms with van der Waals surface area (Å²) < 4.78 is 4.72. The smallest absolute Gasteiger partial charge is 0.337 e. The molecule has 2 aromatic rings. The molecule has 0 aromatic heterocycles. The lowest BCUT2D eigenvalue weighted by molar-refractivity contribution is -0.146. The monoisotopic (exact) mass is 470 g/mol. The van der Waals surface area contributed by atoms with Gasteiger partial charge in [-0.05, 0) is 59.9 Å². The average molecular weight is 471 g/mol. The largest absolute Gasteiger partial charge is 0.465 e. The number of anilines is 1. The molecule has 0 radical (unpaired) electrons. The molecule has 7 rings (SSSR count). The van der Waals surface area contributed by atoms with Crippen molar-refractivity contribution >= 4 is 29.4 Å². The summed E-state index contributed by atoms with van der Waals surface area (Å²) in [6.07, 6.45) is 5.58. The van der Waals surface area contributed by atoms with Crippen LogP contribution < -0.4 is 5.32 Å². The third-order valence-corrected chi connectivity index (χ3v) is 8.16. The molecule has 1 heterocycles. The summed E-state index contributed by atoms with van der Waals surface area (Å²) in [6.45, 7) is 0. The van der Waals surface area contributed by atoms with Gasteiger partial charge in [-0.3, -0.25) is 19.3 Å². The number of likely N-dealkylation sites (tertiary alicyclic amines) is 1. The van der Waals surface area contributed by atoms with Gasteiger partial charge in [0.2, 0.25) is 17.7 Å². The molecular weight excluding hydrogens is 444 g/mol. The van der Waals surface area contributed by atoms with Gasteiger partial charge in [0.1, 0.15) is 6.04 Å². The number of imide groups is 1. The van der Waals surface area contributed by atoms with Crippen LogP contribution in [0.15, 0.2) is 66.7 Å². The summed E-state index contributed by atoms with van der Waals surface area (Å²) in [7, 11) is 1.30. The quantitative estimate of drug-likeness (QED) is 0.398. The van der Waals surface area contributed by atoms with Crippen LogP contribution >= 0.6 is 0 Å². The van der Waals surface area contributed by atoms with Crippen molar-refractivity contribution in [1.82, 2.24) is 4.90 Å². The van der Waals surface area contributed by atoms with Crippen LogP contribution in [0.2, 0.25) is 0 Å². The van der Waals surface area contributed by atoms with Gasteiger partial charge in [-0.1, -0.05) is 42.5 Å². The number of hydrogen-bond acceptors (Lipinski definition) is 5. The molecule has 1 aliphatic heterocycles. The Kier molecular flexibility index (Phi) is 5.09. The fraction of sp³-hybridized carbons (Fsp3) is 0.357. The molecule has 2 bridgehead atoms. The molecule has 1 N–H and O–H groups in total. The minimum absolute atomic E-state index is 0.0998. The van der Waals surface area contributed by atoms with Crippen molar-refractivity contribution in [3.8, 4) is 0 Å². The van der Waals surface area contributed by atoms with E-state index in [2.05, 4.69) is 17.5 Å². The Labute approximate surface area is 203 Å². The number of carbonyl (C=O) groups is 4. The minimum atomic E-state index is -0.959. The fourth-order valence-electron chi connectivity index (χ4n) is 6.46. The van der Waals surface area contributed by atoms with Crippen molar-refractivity contribution in [2.24, 2.45) is 35.5 Å². The van der Waals surface area contributed by atoms with Crippen LogP contribution in [0.25, 0.3) is 0 Å². The Morgan fingerprint density at radius 3 is 2.11 bits per heavy atom. The van der Waals surface area contributed by atoms with E-state index < -0.39 is 17.9 Å². The SMILES string of the molecule is COC(=O)c1ccc(NC(=O)[C@@H](Cc2ccccc2)N2C(=O)[C@H]3[C@@H]4C=C[C@H]([C@H]5C[C@H]45)[C@@H]3C2=O)cc1. The minimum Gasteiger partial charge on any atom is -0.465 e. The number of amides is 3. The molecular formula is C28H26N2O5. The van der Waals surface area contributed by atoms with Gasteiger partial charge in [-0.25, -0.2) is 4.79 Å². The lowest BCUT2D eigenvalue weighted by Crippen LogP contribution is -2.49. The predicted octanol–water partition coefficient (Wildman–Crippen LogP) is 3.08. The van der Waals surface area contributed by atoms with Crippen LogP contribution in [0.4, 0.5) is 5.69 Å². The van der Waals surface area contributed by atoms with Crippen molar-refractivity contribution in [2.75, 3.05) is 12.4 Å². The van der Waals surface area contributed by atoms with Crippen LogP contribution in [0, 0.1) is 35.5 Å². The van der Waals surface area contributed by atoms with Crippen LogP contribution in [0.1, 0.15) is 22.3 Å². The van der Waals surface area contributed by atoms with Crippen molar-refractivity contribution in [2.45, 2.75) is 18.9 Å². The Morgan fingerprint density at radius 1 is 0.943 bits per heavy atom. The lowest BCUT2D eigenvalue weighted by Gasteiger charge is -2.37. The summed E-state index contributed by atoms with van der Waals surface area (Å²) in [5.74, 6) is -0.852. The molecule has 7 nitrogen and oxygen atoms in total. The second-order valence-corrected chi connectivity index (χ2v) is 9.96. The van der Waals surface area contributed by atoms with Gasteiger partial charge in [0.25, 0.3) is 0 Å². The number of carbonyl (C=O) groups excluding carboxylic acids is 4. The number of nitrogens with one attached hydrogen (secondary N) is 1. The first kappa shape index (κ1) is 21.8. The highest BCUT2D eigenvalue weighted by Crippen LogP contribution is 2.65. The maximum atomic E-state index is 13.7. The second-order valence-electron chi connectivity index (χ2n) is 9.96. The maximum Gasteiger partial charge on any atom is 0.337 e. The molecule has 2 aromatic carbocycles. The molecule has 3 fully saturated rings. The molecule has 1 saturated heterocycles. The van der Waals surface area contributed by atoms with Crippen LogP contribution in [0.5, 0.6) is 0 Å². The third kappa shape index (κ3) is 3.49. The lowest BCUT2D eigenvalue weighted by atomic mass is 9.63. The van der Waals surface area contributed by atoms with E-state index in [4.69, 9.17) is 4.74 Å². The first-order chi connectivity index (χ1) is 17.0. The van der Waals surface area contributed by atoms with Gasteiger partial charge in [0.15, 0.2) is 0 Å². The van der Waals surface area contributed by atoms with Crippen LogP contribution in [-0.4, -0.2) is 41.7 Å². The highest BCUT2D eigenvalue weighted by Gasteiger charge is 2.67. The van der Waals surface area contributed by atoms with E-state index in [1.165, 1.54) is 12.0 Å². The second kappa shape index (κ2) is 8.18. The molecule has 3 amide bonds. The molecule has 7 atom stereocenters. The molecule has 178 valence electrons. The zero-order valence-corrected chi connectivity index (χ0v) is 19.3. The van der Waals surface area contributed by atoms with E-state index in [1.807, 2.05) is 30.3 Å². The van der Waals surface area contributed by atoms with Crippen molar-refractivity contribution < 1.29 is 23.9 Å². The summed E-state index contributed by atoms with van der Waals surface area (Å²) in [6, 6.07) is 14.8. The van der Waals surface area contributed by atoms with Crippen LogP contribution in [-0.2, 0) is 25.5 Å². The van der Waals surface area contributed by atoms with Gasteiger partial charge in [0.05, 0.1) is 24.5 Å². The summed E-state index contributed by atoms with van der Waals surface area (Å²) >= 11 is 0. The van der Waals surface area contributed by atoms with E-state index in [9.17, 15) is 19.2 Å². The molecule has 5 aliphatic rings. The standard InChI is InChI=1S/C28H26N2O5/c1-35-28(34)16-7-9-17(10-8-16)29-25(31)22(13-15-5-3-2-4-6-15)30-26(32)23-18-11-12-19(21-14-20(18)21)24(23)27(30)33/h2-12,18-24H,13-14H2,1H3,(H,29,31)/t18-,19-,20-,21-,22-,23+,24+/m1/s1. The molecule has 7 heteroatoms. The highest BCUT2D eigenvalue weighted by atomic mass is 16.5. The van der Waals surface area contributed by atoms with Gasteiger partial charge in [-0.15, -0.1) is 0 Å². The number of ether oxygens (including phenoxy) is 1. The van der Waals surface area contributed by atoms with Crippen molar-refractivity contribution in [1.29, 1.82) is 0 Å². The first-order valence-electron chi connectivity index (χ1n) is 12.1. The number of benzene rings is 2. The maximum absolute atomic E-state index is 13.7. The van der Waals surface area contributed by atoms with Gasteiger partial charge in [0, 0.05) is 12.1 Å². The number of nitrogens with zero attached hydrogens (tertiary/aromatic N) is 1. The summed E-state index contributed by atoms with van der Waals surface area (Å²) in [5, 5.41) is 2.85. The highest BCUT2D eigenvalue weighted by molar-refractivity contribution is 6.10. The number of hydrogen-bond donors (Lipinski definition) is 1. The van der Waals surface area contributed by atoms with E-state index >= 15 is 0 Å². The Morgan fingerprint density at radius 2 is 1.54 bits per heavy atom.